The van der Waals surface area contributed by atoms with Crippen LogP contribution in [0, 0.1) is 11.6 Å². The van der Waals surface area contributed by atoms with Crippen molar-refractivity contribution in [2.24, 2.45) is 0 Å². The molecule has 2 aromatic rings. The van der Waals surface area contributed by atoms with Crippen LogP contribution in [0.25, 0.3) is 6.08 Å². The van der Waals surface area contributed by atoms with E-state index in [0.717, 1.165) is 42.2 Å². The smallest absolute Gasteiger partial charge is 0.251 e. The Morgan fingerprint density at radius 3 is 2.40 bits per heavy atom. The monoisotopic (exact) mass is 411 g/mol. The molecular weight excluding hydrogens is 388 g/mol. The molecule has 0 radical (unpaired) electrons. The number of anilines is 1. The fraction of sp³-hybridized carbons (Fsp3) is 0.304. The average molecular weight is 411 g/mol. The van der Waals surface area contributed by atoms with Gasteiger partial charge in [0, 0.05) is 38.8 Å². The van der Waals surface area contributed by atoms with E-state index in [-0.39, 0.29) is 12.1 Å². The van der Waals surface area contributed by atoms with Crippen molar-refractivity contribution in [1.82, 2.24) is 9.80 Å². The minimum Gasteiger partial charge on any atom is -0.297 e. The Morgan fingerprint density at radius 1 is 0.967 bits per heavy atom. The highest BCUT2D eigenvalue weighted by molar-refractivity contribution is 6.22. The van der Waals surface area contributed by atoms with Gasteiger partial charge in [0.25, 0.3) is 5.91 Å². The zero-order chi connectivity index (χ0) is 21.1. The number of carbonyl (C=O) groups is 2. The molecule has 2 aliphatic rings. The number of piperazine rings is 1. The van der Waals surface area contributed by atoms with E-state index in [2.05, 4.69) is 17.1 Å². The molecule has 0 aromatic heterocycles. The Balaban J connectivity index is 1.34. The van der Waals surface area contributed by atoms with Gasteiger partial charge in [0.05, 0.1) is 18.2 Å². The normalized spacial score (nSPS) is 21.1. The van der Waals surface area contributed by atoms with Crippen molar-refractivity contribution in [3.8, 4) is 0 Å². The molecule has 4 rings (SSSR count). The average Bonchev–Trinajstić information content (AvgIpc) is 3.04. The number of hydrogen-bond donors (Lipinski definition) is 0. The number of rotatable bonds is 5. The van der Waals surface area contributed by atoms with Gasteiger partial charge in [-0.1, -0.05) is 42.5 Å². The summed E-state index contributed by atoms with van der Waals surface area (Å²) in [6.07, 6.45) is 4.22. The largest absolute Gasteiger partial charge is 0.297 e. The van der Waals surface area contributed by atoms with Crippen LogP contribution in [0.3, 0.4) is 0 Å². The van der Waals surface area contributed by atoms with Gasteiger partial charge in [-0.2, -0.15) is 0 Å². The molecule has 30 heavy (non-hydrogen) atoms. The molecule has 0 saturated carbocycles. The van der Waals surface area contributed by atoms with Crippen LogP contribution in [0.5, 0.6) is 0 Å². The summed E-state index contributed by atoms with van der Waals surface area (Å²) in [6.45, 7) is 3.68. The number of nitrogens with zero attached hydrogens (tertiary/aromatic N) is 3. The van der Waals surface area contributed by atoms with Gasteiger partial charge in [-0.25, -0.2) is 13.7 Å². The summed E-state index contributed by atoms with van der Waals surface area (Å²) in [7, 11) is 0. The predicted molar refractivity (Wildman–Crippen MR) is 111 cm³/mol. The van der Waals surface area contributed by atoms with Gasteiger partial charge >= 0.3 is 0 Å². The Hall–Kier alpha value is -2.90. The first kappa shape index (κ1) is 20.4. The maximum atomic E-state index is 14.1. The highest BCUT2D eigenvalue weighted by Crippen LogP contribution is 2.28. The van der Waals surface area contributed by atoms with E-state index in [0.29, 0.717) is 19.2 Å². The molecule has 2 fully saturated rings. The van der Waals surface area contributed by atoms with Crippen LogP contribution in [-0.2, 0) is 9.59 Å². The molecule has 0 bridgehead atoms. The van der Waals surface area contributed by atoms with Gasteiger partial charge in [0.15, 0.2) is 0 Å². The molecule has 2 aromatic carbocycles. The van der Waals surface area contributed by atoms with Gasteiger partial charge < -0.3 is 0 Å². The minimum absolute atomic E-state index is 0.0174. The molecule has 0 aliphatic carbocycles. The van der Waals surface area contributed by atoms with Gasteiger partial charge in [-0.15, -0.1) is 0 Å². The topological polar surface area (TPSA) is 43.9 Å². The van der Waals surface area contributed by atoms with Crippen LogP contribution in [0.4, 0.5) is 14.5 Å². The first-order chi connectivity index (χ1) is 14.5. The quantitative estimate of drug-likeness (QED) is 0.710. The minimum atomic E-state index is -0.910. The first-order valence-electron chi connectivity index (χ1n) is 10.0. The highest BCUT2D eigenvalue weighted by atomic mass is 19.1. The van der Waals surface area contributed by atoms with Crippen LogP contribution in [0.15, 0.2) is 54.6 Å². The summed E-state index contributed by atoms with van der Waals surface area (Å²) in [4.78, 5) is 30.4. The first-order valence-corrected chi connectivity index (χ1v) is 10.0. The van der Waals surface area contributed by atoms with Crippen LogP contribution in [-0.4, -0.2) is 60.4 Å². The van der Waals surface area contributed by atoms with Gasteiger partial charge in [-0.3, -0.25) is 19.4 Å². The summed E-state index contributed by atoms with van der Waals surface area (Å²) in [5.41, 5.74) is 0.970. The Morgan fingerprint density at radius 2 is 1.70 bits per heavy atom. The number of amides is 2. The number of benzene rings is 2. The lowest BCUT2D eigenvalue weighted by molar-refractivity contribution is -0.123. The molecule has 156 valence electrons. The molecule has 1 unspecified atom stereocenters. The Kier molecular flexibility index (Phi) is 6.01. The molecule has 2 saturated heterocycles. The summed E-state index contributed by atoms with van der Waals surface area (Å²) in [5.74, 6) is -2.55. The molecule has 0 N–H and O–H groups in total. The van der Waals surface area contributed by atoms with Crippen LogP contribution in [0.1, 0.15) is 12.0 Å². The summed E-state index contributed by atoms with van der Waals surface area (Å²) in [6, 6.07) is 12.4. The van der Waals surface area contributed by atoms with E-state index in [1.807, 2.05) is 35.2 Å². The van der Waals surface area contributed by atoms with Crippen LogP contribution >= 0.6 is 0 Å². The van der Waals surface area contributed by atoms with E-state index in [1.54, 1.807) is 0 Å². The lowest BCUT2D eigenvalue weighted by atomic mass is 10.1. The Bertz CT molecular complexity index is 956. The van der Waals surface area contributed by atoms with E-state index >= 15 is 0 Å². The van der Waals surface area contributed by atoms with Gasteiger partial charge in [-0.05, 0) is 17.7 Å². The van der Waals surface area contributed by atoms with Crippen LogP contribution < -0.4 is 4.90 Å². The van der Waals surface area contributed by atoms with E-state index in [9.17, 15) is 18.4 Å². The number of hydrogen-bond acceptors (Lipinski definition) is 4. The SMILES string of the molecule is O=C1CC(N2CCN(CC=Cc3ccccc3)CC2)C(=O)N1c1ccc(F)cc1F. The highest BCUT2D eigenvalue weighted by Gasteiger charge is 2.44. The van der Waals surface area contributed by atoms with Gasteiger partial charge in [0.1, 0.15) is 11.6 Å². The number of halogens is 2. The maximum Gasteiger partial charge on any atom is 0.251 e. The zero-order valence-corrected chi connectivity index (χ0v) is 16.5. The summed E-state index contributed by atoms with van der Waals surface area (Å²) < 4.78 is 27.3. The lowest BCUT2D eigenvalue weighted by Crippen LogP contribution is -2.52. The van der Waals surface area contributed by atoms with Crippen molar-refractivity contribution < 1.29 is 18.4 Å². The molecule has 7 heteroatoms. The third-order valence-corrected chi connectivity index (χ3v) is 5.59. The molecule has 0 spiro atoms. The molecule has 1 atom stereocenters. The molecular formula is C23H23F2N3O2. The van der Waals surface area contributed by atoms with Crippen molar-refractivity contribution in [2.75, 3.05) is 37.6 Å². The second-order valence-electron chi connectivity index (χ2n) is 7.53. The molecule has 2 aliphatic heterocycles. The van der Waals surface area contributed by atoms with Crippen molar-refractivity contribution in [2.45, 2.75) is 12.5 Å². The molecule has 5 nitrogen and oxygen atoms in total. The number of imide groups is 1. The standard InChI is InChI=1S/C23H23F2N3O2/c24-18-8-9-20(19(25)15-18)28-22(29)16-21(23(28)30)27-13-11-26(12-14-27)10-4-7-17-5-2-1-3-6-17/h1-9,15,21H,10-14,16H2. The van der Waals surface area contributed by atoms with Crippen molar-refractivity contribution >= 4 is 23.6 Å². The van der Waals surface area contributed by atoms with Crippen molar-refractivity contribution in [1.29, 1.82) is 0 Å². The van der Waals surface area contributed by atoms with E-state index < -0.39 is 29.5 Å². The van der Waals surface area contributed by atoms with Crippen LogP contribution in [0.2, 0.25) is 0 Å². The van der Waals surface area contributed by atoms with E-state index in [1.165, 1.54) is 0 Å². The summed E-state index contributed by atoms with van der Waals surface area (Å²) in [5, 5.41) is 0. The second kappa shape index (κ2) is 8.85. The predicted octanol–water partition coefficient (Wildman–Crippen LogP) is 2.93. The van der Waals surface area contributed by atoms with Gasteiger partial charge in [0.2, 0.25) is 5.91 Å². The fourth-order valence-electron chi connectivity index (χ4n) is 3.98. The van der Waals surface area contributed by atoms with E-state index in [4.69, 9.17) is 0 Å². The molecule has 2 heterocycles. The fourth-order valence-corrected chi connectivity index (χ4v) is 3.98. The maximum absolute atomic E-state index is 14.1. The second-order valence-corrected chi connectivity index (χ2v) is 7.53. The third kappa shape index (κ3) is 4.32. The number of carbonyl (C=O) groups excluding carboxylic acids is 2. The third-order valence-electron chi connectivity index (χ3n) is 5.59. The van der Waals surface area contributed by atoms with Crippen molar-refractivity contribution in [3.63, 3.8) is 0 Å². The van der Waals surface area contributed by atoms with Crippen molar-refractivity contribution in [3.05, 3.63) is 71.8 Å². The summed E-state index contributed by atoms with van der Waals surface area (Å²) >= 11 is 0. The zero-order valence-electron chi connectivity index (χ0n) is 16.5. The Labute approximate surface area is 174 Å². The lowest BCUT2D eigenvalue weighted by Gasteiger charge is -2.36. The molecule has 2 amide bonds.